The number of likely N-dealkylation sites (N-methyl/N-ethyl adjacent to an activating group) is 1. The summed E-state index contributed by atoms with van der Waals surface area (Å²) in [5.41, 5.74) is 1.93. The van der Waals surface area contributed by atoms with Gasteiger partial charge in [0.05, 0.1) is 12.1 Å². The largest absolute Gasteiger partial charge is 0.496 e. The fraction of sp³-hybridized carbons (Fsp3) is 0.200. The van der Waals surface area contributed by atoms with E-state index in [1.54, 1.807) is 19.3 Å². The molecule has 0 aliphatic carbocycles. The third kappa shape index (κ3) is 4.26. The van der Waals surface area contributed by atoms with Gasteiger partial charge in [0.1, 0.15) is 29.6 Å². The molecule has 0 saturated carbocycles. The van der Waals surface area contributed by atoms with Crippen molar-refractivity contribution in [1.82, 2.24) is 10.2 Å². The van der Waals surface area contributed by atoms with Gasteiger partial charge in [-0.15, -0.1) is 0 Å². The summed E-state index contributed by atoms with van der Waals surface area (Å²) in [7, 11) is 1.56. The van der Waals surface area contributed by atoms with Crippen LogP contribution in [0.1, 0.15) is 18.1 Å². The number of benzene rings is 2. The van der Waals surface area contributed by atoms with E-state index in [4.69, 9.17) is 33.3 Å². The Balaban J connectivity index is 1.83. The number of hydrogen-bond donors (Lipinski definition) is 1. The van der Waals surface area contributed by atoms with E-state index in [2.05, 4.69) is 5.32 Å². The fourth-order valence-corrected chi connectivity index (χ4v) is 3.32. The van der Waals surface area contributed by atoms with Gasteiger partial charge in [-0.05, 0) is 61.1 Å². The molecule has 1 N–H and O–H groups in total. The van der Waals surface area contributed by atoms with Gasteiger partial charge in [-0.25, -0.2) is 4.39 Å². The standard InChI is InChI=1S/C20H18ClFN2O3S/c1-3-24-19(25)16(23-20(24)28)9-12-4-6-17(26-2)13(8-12)11-27-18-7-5-14(22)10-15(18)21/h4-10H,3,11H2,1-2H3,(H,23,28)/b16-9+. The van der Waals surface area contributed by atoms with Crippen LogP contribution in [0.4, 0.5) is 4.39 Å². The Morgan fingerprint density at radius 1 is 1.25 bits per heavy atom. The Labute approximate surface area is 172 Å². The molecule has 1 aliphatic rings. The topological polar surface area (TPSA) is 50.8 Å². The summed E-state index contributed by atoms with van der Waals surface area (Å²) in [6.07, 6.45) is 1.72. The molecule has 1 aliphatic heterocycles. The first kappa shape index (κ1) is 20.1. The molecule has 2 aromatic carbocycles. The van der Waals surface area contributed by atoms with Crippen molar-refractivity contribution < 1.29 is 18.7 Å². The zero-order valence-electron chi connectivity index (χ0n) is 15.3. The summed E-state index contributed by atoms with van der Waals surface area (Å²) in [4.78, 5) is 13.8. The van der Waals surface area contributed by atoms with E-state index >= 15 is 0 Å². The minimum Gasteiger partial charge on any atom is -0.496 e. The first-order chi connectivity index (χ1) is 13.4. The summed E-state index contributed by atoms with van der Waals surface area (Å²) in [5.74, 6) is 0.387. The molecule has 0 unspecified atom stereocenters. The molecule has 1 amide bonds. The van der Waals surface area contributed by atoms with Crippen molar-refractivity contribution >= 4 is 40.9 Å². The highest BCUT2D eigenvalue weighted by Crippen LogP contribution is 2.28. The number of thiocarbonyl (C=S) groups is 1. The predicted molar refractivity (Wildman–Crippen MR) is 110 cm³/mol. The van der Waals surface area contributed by atoms with Crippen LogP contribution in [0, 0.1) is 5.82 Å². The van der Waals surface area contributed by atoms with Crippen LogP contribution in [0.3, 0.4) is 0 Å². The average molecular weight is 421 g/mol. The molecule has 1 fully saturated rings. The lowest BCUT2D eigenvalue weighted by Crippen LogP contribution is -2.30. The molecule has 0 aromatic heterocycles. The number of rotatable bonds is 6. The summed E-state index contributed by atoms with van der Waals surface area (Å²) >= 11 is 11.2. The van der Waals surface area contributed by atoms with E-state index in [1.807, 2.05) is 19.1 Å². The number of amides is 1. The van der Waals surface area contributed by atoms with Crippen LogP contribution >= 0.6 is 23.8 Å². The van der Waals surface area contributed by atoms with Crippen molar-refractivity contribution in [1.29, 1.82) is 0 Å². The Kier molecular flexibility index (Phi) is 6.16. The highest BCUT2D eigenvalue weighted by molar-refractivity contribution is 7.80. The molecule has 1 saturated heterocycles. The summed E-state index contributed by atoms with van der Waals surface area (Å²) < 4.78 is 24.3. The lowest BCUT2D eigenvalue weighted by Gasteiger charge is -2.12. The van der Waals surface area contributed by atoms with Gasteiger partial charge in [-0.2, -0.15) is 0 Å². The minimum absolute atomic E-state index is 0.159. The number of halogens is 2. The Morgan fingerprint density at radius 3 is 2.64 bits per heavy atom. The van der Waals surface area contributed by atoms with Gasteiger partial charge in [-0.1, -0.05) is 17.7 Å². The Hall–Kier alpha value is -2.64. The van der Waals surface area contributed by atoms with Crippen molar-refractivity contribution in [3.05, 3.63) is 64.1 Å². The van der Waals surface area contributed by atoms with Gasteiger partial charge in [0, 0.05) is 12.1 Å². The molecule has 28 heavy (non-hydrogen) atoms. The first-order valence-electron chi connectivity index (χ1n) is 8.52. The summed E-state index contributed by atoms with van der Waals surface area (Å²) in [5, 5.41) is 3.50. The molecular weight excluding hydrogens is 403 g/mol. The maximum Gasteiger partial charge on any atom is 0.276 e. The summed E-state index contributed by atoms with van der Waals surface area (Å²) in [6.45, 7) is 2.52. The number of carbonyl (C=O) groups excluding carboxylic acids is 1. The molecule has 0 radical (unpaired) electrons. The number of hydrogen-bond acceptors (Lipinski definition) is 4. The van der Waals surface area contributed by atoms with Crippen molar-refractivity contribution in [3.63, 3.8) is 0 Å². The second-order valence-corrected chi connectivity index (χ2v) is 6.77. The van der Waals surface area contributed by atoms with Gasteiger partial charge in [0.2, 0.25) is 0 Å². The van der Waals surface area contributed by atoms with E-state index in [9.17, 15) is 9.18 Å². The van der Waals surface area contributed by atoms with Crippen LogP contribution in [0.15, 0.2) is 42.1 Å². The third-order valence-corrected chi connectivity index (χ3v) is 4.79. The summed E-state index contributed by atoms with van der Waals surface area (Å²) in [6, 6.07) is 9.39. The van der Waals surface area contributed by atoms with Gasteiger partial charge in [-0.3, -0.25) is 9.69 Å². The number of methoxy groups -OCH3 is 1. The zero-order chi connectivity index (χ0) is 20.3. The zero-order valence-corrected chi connectivity index (χ0v) is 16.9. The van der Waals surface area contributed by atoms with Crippen molar-refractivity contribution in [2.24, 2.45) is 0 Å². The quantitative estimate of drug-likeness (QED) is 0.562. The lowest BCUT2D eigenvalue weighted by molar-refractivity contribution is -0.122. The van der Waals surface area contributed by atoms with Crippen molar-refractivity contribution in [2.75, 3.05) is 13.7 Å². The Morgan fingerprint density at radius 2 is 2.00 bits per heavy atom. The van der Waals surface area contributed by atoms with Crippen molar-refractivity contribution in [3.8, 4) is 11.5 Å². The predicted octanol–water partition coefficient (Wildman–Crippen LogP) is 4.14. The van der Waals surface area contributed by atoms with Gasteiger partial charge < -0.3 is 14.8 Å². The van der Waals surface area contributed by atoms with E-state index in [1.165, 1.54) is 23.1 Å². The molecule has 1 heterocycles. The highest BCUT2D eigenvalue weighted by Gasteiger charge is 2.29. The van der Waals surface area contributed by atoms with E-state index in [0.717, 1.165) is 11.1 Å². The van der Waals surface area contributed by atoms with Crippen LogP contribution in [-0.2, 0) is 11.4 Å². The third-order valence-electron chi connectivity index (χ3n) is 4.17. The molecule has 146 valence electrons. The van der Waals surface area contributed by atoms with Gasteiger partial charge in [0.25, 0.3) is 5.91 Å². The van der Waals surface area contributed by atoms with Crippen LogP contribution in [-0.4, -0.2) is 29.6 Å². The molecule has 2 aromatic rings. The molecule has 0 bridgehead atoms. The highest BCUT2D eigenvalue weighted by atomic mass is 35.5. The second kappa shape index (κ2) is 8.58. The maximum absolute atomic E-state index is 13.2. The molecule has 3 rings (SSSR count). The monoisotopic (exact) mass is 420 g/mol. The second-order valence-electron chi connectivity index (χ2n) is 5.97. The molecule has 5 nitrogen and oxygen atoms in total. The van der Waals surface area contributed by atoms with Gasteiger partial charge in [0.15, 0.2) is 5.11 Å². The SMILES string of the molecule is CCN1C(=O)/C(=C\c2ccc(OC)c(COc3ccc(F)cc3Cl)c2)NC1=S. The van der Waals surface area contributed by atoms with Crippen LogP contribution in [0.5, 0.6) is 11.5 Å². The van der Waals surface area contributed by atoms with E-state index in [-0.39, 0.29) is 17.5 Å². The van der Waals surface area contributed by atoms with Crippen LogP contribution in [0.2, 0.25) is 5.02 Å². The van der Waals surface area contributed by atoms with Crippen LogP contribution in [0.25, 0.3) is 6.08 Å². The average Bonchev–Trinajstić information content (AvgIpc) is 2.93. The number of carbonyl (C=O) groups is 1. The molecule has 0 atom stereocenters. The normalized spacial score (nSPS) is 15.1. The lowest BCUT2D eigenvalue weighted by atomic mass is 10.1. The molecular formula is C20H18ClFN2O3S. The smallest absolute Gasteiger partial charge is 0.276 e. The van der Waals surface area contributed by atoms with E-state index in [0.29, 0.717) is 28.9 Å². The first-order valence-corrected chi connectivity index (χ1v) is 9.31. The number of ether oxygens (including phenoxy) is 2. The minimum atomic E-state index is -0.434. The van der Waals surface area contributed by atoms with Gasteiger partial charge >= 0.3 is 0 Å². The number of nitrogens with one attached hydrogen (secondary N) is 1. The molecule has 0 spiro atoms. The maximum atomic E-state index is 13.2. The van der Waals surface area contributed by atoms with Crippen LogP contribution < -0.4 is 14.8 Å². The Bertz CT molecular complexity index is 964. The number of nitrogens with zero attached hydrogens (tertiary/aromatic N) is 1. The molecule has 8 heteroatoms. The fourth-order valence-electron chi connectivity index (χ4n) is 2.77. The van der Waals surface area contributed by atoms with E-state index < -0.39 is 5.82 Å². The van der Waals surface area contributed by atoms with Crippen molar-refractivity contribution in [2.45, 2.75) is 13.5 Å².